The molecule has 0 bridgehead atoms. The van der Waals surface area contributed by atoms with Gasteiger partial charge < -0.3 is 9.84 Å². The van der Waals surface area contributed by atoms with E-state index in [4.69, 9.17) is 9.84 Å². The van der Waals surface area contributed by atoms with E-state index in [1.807, 2.05) is 0 Å². The topological polar surface area (TPSA) is 53.0 Å². The highest BCUT2D eigenvalue weighted by atomic mass is 16.5. The largest absolute Gasteiger partial charge is 0.480 e. The molecule has 5 heteroatoms. The SMILES string of the molecule is CCCC1CC(N2CCCN(CC(=O)O)CC2)CCO1. The summed E-state index contributed by atoms with van der Waals surface area (Å²) in [5.41, 5.74) is 0. The van der Waals surface area contributed by atoms with Gasteiger partial charge in [-0.1, -0.05) is 13.3 Å². The average molecular weight is 284 g/mol. The first kappa shape index (κ1) is 15.7. The van der Waals surface area contributed by atoms with E-state index in [-0.39, 0.29) is 6.54 Å². The maximum Gasteiger partial charge on any atom is 0.317 e. The molecular weight excluding hydrogens is 256 g/mol. The fourth-order valence-corrected chi connectivity index (χ4v) is 3.42. The maximum absolute atomic E-state index is 10.8. The van der Waals surface area contributed by atoms with E-state index >= 15 is 0 Å². The summed E-state index contributed by atoms with van der Waals surface area (Å²) in [6.45, 7) is 7.15. The molecular formula is C15H28N2O3. The fraction of sp³-hybridized carbons (Fsp3) is 0.933. The smallest absolute Gasteiger partial charge is 0.317 e. The molecule has 2 fully saturated rings. The lowest BCUT2D eigenvalue weighted by molar-refractivity contribution is -0.138. The third-order valence-electron chi connectivity index (χ3n) is 4.45. The molecule has 2 atom stereocenters. The highest BCUT2D eigenvalue weighted by Gasteiger charge is 2.28. The zero-order valence-electron chi connectivity index (χ0n) is 12.6. The summed E-state index contributed by atoms with van der Waals surface area (Å²) in [6, 6.07) is 0.630. The van der Waals surface area contributed by atoms with Crippen molar-refractivity contribution in [2.24, 2.45) is 0 Å². The van der Waals surface area contributed by atoms with Crippen LogP contribution in [0.3, 0.4) is 0 Å². The quantitative estimate of drug-likeness (QED) is 0.827. The van der Waals surface area contributed by atoms with E-state index in [0.29, 0.717) is 12.1 Å². The molecule has 0 aromatic carbocycles. The van der Waals surface area contributed by atoms with E-state index in [2.05, 4.69) is 16.7 Å². The lowest BCUT2D eigenvalue weighted by Crippen LogP contribution is -2.44. The monoisotopic (exact) mass is 284 g/mol. The van der Waals surface area contributed by atoms with Crippen LogP contribution in [0.2, 0.25) is 0 Å². The van der Waals surface area contributed by atoms with Crippen molar-refractivity contribution in [1.29, 1.82) is 0 Å². The molecule has 0 aliphatic carbocycles. The predicted octanol–water partition coefficient (Wildman–Crippen LogP) is 1.43. The van der Waals surface area contributed by atoms with Crippen molar-refractivity contribution in [2.45, 2.75) is 51.2 Å². The van der Waals surface area contributed by atoms with Gasteiger partial charge in [-0.3, -0.25) is 14.6 Å². The van der Waals surface area contributed by atoms with Gasteiger partial charge in [-0.2, -0.15) is 0 Å². The first-order valence-corrected chi connectivity index (χ1v) is 7.99. The third kappa shape index (κ3) is 4.72. The highest BCUT2D eigenvalue weighted by Crippen LogP contribution is 2.23. The van der Waals surface area contributed by atoms with Gasteiger partial charge >= 0.3 is 5.97 Å². The van der Waals surface area contributed by atoms with Crippen LogP contribution < -0.4 is 0 Å². The van der Waals surface area contributed by atoms with Crippen LogP contribution in [-0.4, -0.2) is 72.4 Å². The van der Waals surface area contributed by atoms with Gasteiger partial charge in [-0.05, 0) is 32.2 Å². The van der Waals surface area contributed by atoms with E-state index < -0.39 is 5.97 Å². The minimum absolute atomic E-state index is 0.181. The van der Waals surface area contributed by atoms with Gasteiger partial charge in [-0.15, -0.1) is 0 Å². The Balaban J connectivity index is 1.81. The Morgan fingerprint density at radius 2 is 2.15 bits per heavy atom. The van der Waals surface area contributed by atoms with Crippen LogP contribution in [0, 0.1) is 0 Å². The predicted molar refractivity (Wildman–Crippen MR) is 77.9 cm³/mol. The molecule has 0 amide bonds. The van der Waals surface area contributed by atoms with Crippen molar-refractivity contribution >= 4 is 5.97 Å². The molecule has 116 valence electrons. The van der Waals surface area contributed by atoms with E-state index in [1.165, 1.54) is 6.42 Å². The van der Waals surface area contributed by atoms with Crippen LogP contribution in [-0.2, 0) is 9.53 Å². The van der Waals surface area contributed by atoms with Gasteiger partial charge in [0.2, 0.25) is 0 Å². The molecule has 0 saturated carbocycles. The summed E-state index contributed by atoms with van der Waals surface area (Å²) in [6.07, 6.45) is 6.12. The molecule has 2 saturated heterocycles. The van der Waals surface area contributed by atoms with Gasteiger partial charge in [0.1, 0.15) is 0 Å². The number of carbonyl (C=O) groups is 1. The van der Waals surface area contributed by atoms with Crippen molar-refractivity contribution in [1.82, 2.24) is 9.80 Å². The van der Waals surface area contributed by atoms with Crippen molar-refractivity contribution < 1.29 is 14.6 Å². The van der Waals surface area contributed by atoms with Gasteiger partial charge in [0, 0.05) is 32.3 Å². The van der Waals surface area contributed by atoms with Gasteiger partial charge in [0.15, 0.2) is 0 Å². The van der Waals surface area contributed by atoms with Crippen LogP contribution >= 0.6 is 0 Å². The van der Waals surface area contributed by atoms with Crippen LogP contribution in [0.15, 0.2) is 0 Å². The number of nitrogens with zero attached hydrogens (tertiary/aromatic N) is 2. The Morgan fingerprint density at radius 3 is 2.90 bits per heavy atom. The van der Waals surface area contributed by atoms with Crippen molar-refractivity contribution in [3.05, 3.63) is 0 Å². The fourth-order valence-electron chi connectivity index (χ4n) is 3.42. The van der Waals surface area contributed by atoms with Gasteiger partial charge in [-0.25, -0.2) is 0 Å². The lowest BCUT2D eigenvalue weighted by Gasteiger charge is -2.37. The number of carboxylic acid groups (broad SMARTS) is 1. The molecule has 0 spiro atoms. The Hall–Kier alpha value is -0.650. The molecule has 20 heavy (non-hydrogen) atoms. The van der Waals surface area contributed by atoms with Crippen LogP contribution in [0.5, 0.6) is 0 Å². The number of carboxylic acids is 1. The zero-order valence-corrected chi connectivity index (χ0v) is 12.6. The summed E-state index contributed by atoms with van der Waals surface area (Å²) in [5.74, 6) is -0.715. The summed E-state index contributed by atoms with van der Waals surface area (Å²) >= 11 is 0. The van der Waals surface area contributed by atoms with Crippen molar-refractivity contribution in [2.75, 3.05) is 39.3 Å². The number of aliphatic carboxylic acids is 1. The Morgan fingerprint density at radius 1 is 1.30 bits per heavy atom. The second kappa shape index (κ2) is 7.96. The molecule has 0 radical (unpaired) electrons. The standard InChI is InChI=1S/C15H28N2O3/c1-2-4-14-11-13(5-10-20-14)17-7-3-6-16(8-9-17)12-15(18)19/h13-14H,2-12H2,1H3,(H,18,19). The molecule has 2 aliphatic heterocycles. The minimum Gasteiger partial charge on any atom is -0.480 e. The third-order valence-corrected chi connectivity index (χ3v) is 4.45. The molecule has 2 unspecified atom stereocenters. The Kier molecular flexibility index (Phi) is 6.26. The molecule has 5 nitrogen and oxygen atoms in total. The highest BCUT2D eigenvalue weighted by molar-refractivity contribution is 5.69. The van der Waals surface area contributed by atoms with Crippen LogP contribution in [0.1, 0.15) is 39.0 Å². The molecule has 0 aromatic heterocycles. The van der Waals surface area contributed by atoms with E-state index in [9.17, 15) is 4.79 Å². The molecule has 2 heterocycles. The minimum atomic E-state index is -0.715. The van der Waals surface area contributed by atoms with Gasteiger partial charge in [0.25, 0.3) is 0 Å². The summed E-state index contributed by atoms with van der Waals surface area (Å²) in [7, 11) is 0. The van der Waals surface area contributed by atoms with Crippen LogP contribution in [0.4, 0.5) is 0 Å². The van der Waals surface area contributed by atoms with Gasteiger partial charge in [0.05, 0.1) is 12.6 Å². The second-order valence-corrected chi connectivity index (χ2v) is 6.02. The second-order valence-electron chi connectivity index (χ2n) is 6.02. The van der Waals surface area contributed by atoms with E-state index in [0.717, 1.165) is 58.5 Å². The first-order chi connectivity index (χ1) is 9.69. The van der Waals surface area contributed by atoms with Crippen molar-refractivity contribution in [3.8, 4) is 0 Å². The molecule has 2 aliphatic rings. The Labute approximate surface area is 121 Å². The summed E-state index contributed by atoms with van der Waals surface area (Å²) in [5, 5.41) is 8.89. The number of hydrogen-bond donors (Lipinski definition) is 1. The lowest BCUT2D eigenvalue weighted by atomic mass is 9.98. The molecule has 2 rings (SSSR count). The van der Waals surface area contributed by atoms with Crippen LogP contribution in [0.25, 0.3) is 0 Å². The molecule has 0 aromatic rings. The number of rotatable bonds is 5. The molecule has 1 N–H and O–H groups in total. The Bertz CT molecular complexity index is 309. The maximum atomic E-state index is 10.8. The normalized spacial score (nSPS) is 30.1. The number of hydrogen-bond acceptors (Lipinski definition) is 4. The summed E-state index contributed by atoms with van der Waals surface area (Å²) in [4.78, 5) is 15.4. The van der Waals surface area contributed by atoms with E-state index in [1.54, 1.807) is 0 Å². The van der Waals surface area contributed by atoms with Crippen molar-refractivity contribution in [3.63, 3.8) is 0 Å². The summed E-state index contributed by atoms with van der Waals surface area (Å²) < 4.78 is 5.83. The zero-order chi connectivity index (χ0) is 14.4. The number of ether oxygens (including phenoxy) is 1. The first-order valence-electron chi connectivity index (χ1n) is 7.99. The average Bonchev–Trinajstić information content (AvgIpc) is 2.64.